The van der Waals surface area contributed by atoms with Gasteiger partial charge in [-0.25, -0.2) is 0 Å². The van der Waals surface area contributed by atoms with Gasteiger partial charge in [0.2, 0.25) is 0 Å². The van der Waals surface area contributed by atoms with E-state index in [0.717, 1.165) is 12.3 Å². The summed E-state index contributed by atoms with van der Waals surface area (Å²) >= 11 is 0. The van der Waals surface area contributed by atoms with E-state index in [1.165, 1.54) is 12.8 Å². The first-order valence-corrected chi connectivity index (χ1v) is 11.3. The van der Waals surface area contributed by atoms with Gasteiger partial charge in [0.1, 0.15) is 5.78 Å². The standard InChI is InChI=1S/C13H26.C11H20O.C2H6/c1-8-10-9-11(2,3)13(6,7)12(10,4)5;1-9(2)7-8(12)10(3,4)11(9,5)6;1-2/h10H,8-9H2,1-7H3;7H2,1-6H3;1-2H3. The van der Waals surface area contributed by atoms with Crippen molar-refractivity contribution in [1.29, 1.82) is 0 Å². The predicted molar refractivity (Wildman–Crippen MR) is 122 cm³/mol. The summed E-state index contributed by atoms with van der Waals surface area (Å²) in [5.41, 5.74) is 1.55. The van der Waals surface area contributed by atoms with E-state index in [-0.39, 0.29) is 16.2 Å². The molecule has 2 fully saturated rings. The van der Waals surface area contributed by atoms with E-state index in [1.807, 2.05) is 13.8 Å². The number of hydrogen-bond acceptors (Lipinski definition) is 1. The molecule has 0 N–H and O–H groups in total. The highest BCUT2D eigenvalue weighted by Gasteiger charge is 2.59. The lowest BCUT2D eigenvalue weighted by atomic mass is 9.60. The molecule has 0 heterocycles. The number of Topliss-reactive ketones (excluding diaryl/α,β-unsaturated/α-hetero) is 1. The highest BCUT2D eigenvalue weighted by Crippen LogP contribution is 2.65. The second kappa shape index (κ2) is 7.83. The van der Waals surface area contributed by atoms with Crippen molar-refractivity contribution in [2.45, 2.75) is 123 Å². The van der Waals surface area contributed by atoms with Gasteiger partial charge < -0.3 is 0 Å². The van der Waals surface area contributed by atoms with E-state index in [0.29, 0.717) is 22.0 Å². The van der Waals surface area contributed by atoms with Crippen molar-refractivity contribution in [3.63, 3.8) is 0 Å². The number of carbonyl (C=O) groups is 1. The quantitative estimate of drug-likeness (QED) is 0.445. The first-order chi connectivity index (χ1) is 11.8. The molecule has 0 aromatic carbocycles. The Kier molecular flexibility index (Phi) is 7.73. The smallest absolute Gasteiger partial charge is 0.139 e. The Morgan fingerprint density at radius 3 is 1.26 bits per heavy atom. The molecular formula is C26H52O. The SMILES string of the molecule is CC.CC1(C)CC(=O)C(C)(C)C1(C)C.CCC1CC(C)(C)C(C)(C)C1(C)C. The maximum Gasteiger partial charge on any atom is 0.139 e. The summed E-state index contributed by atoms with van der Waals surface area (Å²) in [7, 11) is 0. The molecule has 2 aliphatic carbocycles. The van der Waals surface area contributed by atoms with Crippen LogP contribution >= 0.6 is 0 Å². The van der Waals surface area contributed by atoms with E-state index in [4.69, 9.17) is 0 Å². The monoisotopic (exact) mass is 380 g/mol. The lowest BCUT2D eigenvalue weighted by molar-refractivity contribution is -0.127. The van der Waals surface area contributed by atoms with E-state index in [2.05, 4.69) is 90.0 Å². The van der Waals surface area contributed by atoms with Crippen LogP contribution in [0.3, 0.4) is 0 Å². The Labute approximate surface area is 172 Å². The van der Waals surface area contributed by atoms with Gasteiger partial charge in [0, 0.05) is 11.8 Å². The molecule has 0 bridgehead atoms. The normalized spacial score (nSPS) is 30.6. The number of carbonyl (C=O) groups excluding carboxylic acids is 1. The molecule has 0 aromatic rings. The topological polar surface area (TPSA) is 17.1 Å². The second-order valence-corrected chi connectivity index (χ2v) is 12.3. The van der Waals surface area contributed by atoms with Crippen LogP contribution in [0, 0.1) is 38.4 Å². The first-order valence-electron chi connectivity index (χ1n) is 11.3. The number of rotatable bonds is 1. The lowest BCUT2D eigenvalue weighted by Crippen LogP contribution is -2.38. The molecule has 1 unspecified atom stereocenters. The van der Waals surface area contributed by atoms with Gasteiger partial charge >= 0.3 is 0 Å². The van der Waals surface area contributed by atoms with Crippen LogP contribution < -0.4 is 0 Å². The van der Waals surface area contributed by atoms with E-state index in [9.17, 15) is 4.79 Å². The molecule has 2 aliphatic rings. The van der Waals surface area contributed by atoms with Gasteiger partial charge in [-0.2, -0.15) is 0 Å². The van der Waals surface area contributed by atoms with Crippen LogP contribution in [0.1, 0.15) is 123 Å². The van der Waals surface area contributed by atoms with E-state index >= 15 is 0 Å². The third kappa shape index (κ3) is 4.04. The van der Waals surface area contributed by atoms with Crippen molar-refractivity contribution < 1.29 is 4.79 Å². The third-order valence-corrected chi connectivity index (χ3v) is 10.1. The van der Waals surface area contributed by atoms with Gasteiger partial charge in [0.15, 0.2) is 0 Å². The van der Waals surface area contributed by atoms with Gasteiger partial charge in [-0.05, 0) is 39.4 Å². The molecule has 2 rings (SSSR count). The molecule has 0 spiro atoms. The first kappa shape index (κ1) is 26.7. The van der Waals surface area contributed by atoms with E-state index < -0.39 is 0 Å². The molecule has 162 valence electrons. The van der Waals surface area contributed by atoms with Gasteiger partial charge in [0.25, 0.3) is 0 Å². The Morgan fingerprint density at radius 2 is 1.15 bits per heavy atom. The van der Waals surface area contributed by atoms with Crippen molar-refractivity contribution in [2.24, 2.45) is 38.4 Å². The number of hydrogen-bond donors (Lipinski definition) is 0. The molecule has 0 aromatic heterocycles. The highest BCUT2D eigenvalue weighted by atomic mass is 16.1. The van der Waals surface area contributed by atoms with Crippen LogP contribution in [0.4, 0.5) is 0 Å². The van der Waals surface area contributed by atoms with Gasteiger partial charge in [0.05, 0.1) is 0 Å². The molecule has 27 heavy (non-hydrogen) atoms. The van der Waals surface area contributed by atoms with Gasteiger partial charge in [-0.1, -0.05) is 110 Å². The Morgan fingerprint density at radius 1 is 0.741 bits per heavy atom. The summed E-state index contributed by atoms with van der Waals surface area (Å²) in [5, 5.41) is 0. The summed E-state index contributed by atoms with van der Waals surface area (Å²) in [4.78, 5) is 11.7. The summed E-state index contributed by atoms with van der Waals surface area (Å²) in [6, 6.07) is 0. The average molecular weight is 381 g/mol. The molecule has 1 heteroatoms. The minimum absolute atomic E-state index is 0.108. The zero-order valence-corrected chi connectivity index (χ0v) is 21.6. The Balaban J connectivity index is 0.000000460. The van der Waals surface area contributed by atoms with Crippen molar-refractivity contribution in [2.75, 3.05) is 0 Å². The molecule has 0 aliphatic heterocycles. The number of ketones is 1. The Bertz CT molecular complexity index is 514. The maximum atomic E-state index is 11.7. The highest BCUT2D eigenvalue weighted by molar-refractivity contribution is 5.88. The van der Waals surface area contributed by atoms with Crippen LogP contribution in [0.25, 0.3) is 0 Å². The molecule has 0 amide bonds. The van der Waals surface area contributed by atoms with Gasteiger partial charge in [-0.15, -0.1) is 0 Å². The van der Waals surface area contributed by atoms with Crippen LogP contribution in [0.5, 0.6) is 0 Å². The maximum absolute atomic E-state index is 11.7. The molecule has 1 nitrogen and oxygen atoms in total. The second-order valence-electron chi connectivity index (χ2n) is 12.3. The average Bonchev–Trinajstić information content (AvgIpc) is 2.71. The van der Waals surface area contributed by atoms with E-state index in [1.54, 1.807) is 0 Å². The van der Waals surface area contributed by atoms with Crippen molar-refractivity contribution in [3.8, 4) is 0 Å². The van der Waals surface area contributed by atoms with Crippen LogP contribution in [-0.4, -0.2) is 5.78 Å². The fraction of sp³-hybridized carbons (Fsp3) is 0.962. The fourth-order valence-corrected chi connectivity index (χ4v) is 5.20. The van der Waals surface area contributed by atoms with Gasteiger partial charge in [-0.3, -0.25) is 4.79 Å². The third-order valence-electron chi connectivity index (χ3n) is 10.1. The largest absolute Gasteiger partial charge is 0.299 e. The molecule has 0 saturated heterocycles. The van der Waals surface area contributed by atoms with Crippen LogP contribution in [0.15, 0.2) is 0 Å². The lowest BCUT2D eigenvalue weighted by Gasteiger charge is -2.45. The summed E-state index contributed by atoms with van der Waals surface area (Å²) < 4.78 is 0. The Hall–Kier alpha value is -0.330. The van der Waals surface area contributed by atoms with Crippen LogP contribution in [-0.2, 0) is 4.79 Å². The van der Waals surface area contributed by atoms with Crippen molar-refractivity contribution in [3.05, 3.63) is 0 Å². The minimum atomic E-state index is -0.156. The molecule has 0 radical (unpaired) electrons. The fourth-order valence-electron chi connectivity index (χ4n) is 5.20. The zero-order chi connectivity index (χ0) is 22.3. The molecular weight excluding hydrogens is 328 g/mol. The molecule has 1 atom stereocenters. The predicted octanol–water partition coefficient (Wildman–Crippen LogP) is 8.56. The van der Waals surface area contributed by atoms with Crippen molar-refractivity contribution in [1.82, 2.24) is 0 Å². The zero-order valence-electron chi connectivity index (χ0n) is 21.6. The minimum Gasteiger partial charge on any atom is -0.299 e. The summed E-state index contributed by atoms with van der Waals surface area (Å²) in [5.74, 6) is 1.31. The summed E-state index contributed by atoms with van der Waals surface area (Å²) in [6.07, 6.45) is 3.45. The summed E-state index contributed by atoms with van der Waals surface area (Å²) in [6.45, 7) is 34.0. The molecule has 2 saturated carbocycles. The van der Waals surface area contributed by atoms with Crippen LogP contribution in [0.2, 0.25) is 0 Å². The van der Waals surface area contributed by atoms with Crippen molar-refractivity contribution >= 4 is 5.78 Å².